The molecule has 1 amide bonds. The molecule has 0 spiro atoms. The number of amides is 1. The van der Waals surface area contributed by atoms with Crippen molar-refractivity contribution in [3.8, 4) is 33.4 Å². The van der Waals surface area contributed by atoms with Gasteiger partial charge in [-0.15, -0.1) is 11.3 Å². The second-order valence-corrected chi connectivity index (χ2v) is 9.00. The van der Waals surface area contributed by atoms with Crippen molar-refractivity contribution >= 4 is 17.2 Å². The lowest BCUT2D eigenvalue weighted by Gasteiger charge is -2.19. The number of carbonyl (C=O) groups excluding carboxylic acids is 1. The van der Waals surface area contributed by atoms with E-state index in [0.29, 0.717) is 52.1 Å². The Balaban J connectivity index is 1.79. The van der Waals surface area contributed by atoms with Crippen molar-refractivity contribution in [3.63, 3.8) is 0 Å². The summed E-state index contributed by atoms with van der Waals surface area (Å²) in [6.07, 6.45) is 0.849. The van der Waals surface area contributed by atoms with Crippen molar-refractivity contribution in [2.24, 2.45) is 0 Å². The summed E-state index contributed by atoms with van der Waals surface area (Å²) in [4.78, 5) is 16.3. The Bertz CT molecular complexity index is 1230. The number of nitrogens with one attached hydrogen (secondary N) is 1. The van der Waals surface area contributed by atoms with Crippen molar-refractivity contribution < 1.29 is 18.3 Å². The number of halogens is 2. The third-order valence-corrected chi connectivity index (χ3v) is 6.92. The van der Waals surface area contributed by atoms with E-state index in [-0.39, 0.29) is 17.2 Å². The van der Waals surface area contributed by atoms with Gasteiger partial charge in [0.25, 0.3) is 5.91 Å². The largest absolute Gasteiger partial charge is 0.494 e. The molecule has 1 N–H and O–H groups in total. The van der Waals surface area contributed by atoms with Crippen LogP contribution in [0.15, 0.2) is 42.5 Å². The van der Waals surface area contributed by atoms with Gasteiger partial charge in [-0.25, -0.2) is 8.78 Å². The fraction of sp³-hybridized carbons (Fsp3) is 0.280. The van der Waals surface area contributed by atoms with Crippen LogP contribution in [0.4, 0.5) is 8.78 Å². The summed E-state index contributed by atoms with van der Waals surface area (Å²) in [7, 11) is 1.39. The van der Waals surface area contributed by atoms with E-state index in [2.05, 4.69) is 12.2 Å². The van der Waals surface area contributed by atoms with Crippen LogP contribution in [0.2, 0.25) is 0 Å². The summed E-state index contributed by atoms with van der Waals surface area (Å²) in [6.45, 7) is 4.03. The Morgan fingerprint density at radius 2 is 1.91 bits per heavy atom. The first-order valence-electron chi connectivity index (χ1n) is 10.6. The Morgan fingerprint density at radius 3 is 2.61 bits per heavy atom. The lowest BCUT2D eigenvalue weighted by Crippen LogP contribution is -2.33. The lowest BCUT2D eigenvalue weighted by atomic mass is 10.0. The van der Waals surface area contributed by atoms with Crippen LogP contribution in [0.1, 0.15) is 28.6 Å². The van der Waals surface area contributed by atoms with E-state index in [9.17, 15) is 13.6 Å². The van der Waals surface area contributed by atoms with Crippen LogP contribution in [0.5, 0.6) is 5.75 Å². The SMILES string of the molecule is COc1ccc(-c2sc(C(=O)N3CCNC(C)CC3)cc2-c2ccc(C#N)c(F)c2)cc1F. The minimum atomic E-state index is -0.645. The zero-order valence-electron chi connectivity index (χ0n) is 18.3. The van der Waals surface area contributed by atoms with Crippen LogP contribution < -0.4 is 10.1 Å². The van der Waals surface area contributed by atoms with Gasteiger partial charge < -0.3 is 15.0 Å². The number of hydrogen-bond acceptors (Lipinski definition) is 5. The van der Waals surface area contributed by atoms with E-state index in [4.69, 9.17) is 10.00 Å². The molecule has 4 rings (SSSR count). The average molecular weight is 468 g/mol. The van der Waals surface area contributed by atoms with E-state index < -0.39 is 11.6 Å². The van der Waals surface area contributed by atoms with E-state index in [0.717, 1.165) is 6.42 Å². The minimum absolute atomic E-state index is 0.0616. The summed E-state index contributed by atoms with van der Waals surface area (Å²) in [5.41, 5.74) is 1.62. The van der Waals surface area contributed by atoms with E-state index in [1.54, 1.807) is 18.2 Å². The van der Waals surface area contributed by atoms with Crippen molar-refractivity contribution in [3.05, 3.63) is 64.5 Å². The Hall–Kier alpha value is -3.28. The number of carbonyl (C=O) groups is 1. The van der Waals surface area contributed by atoms with Crippen LogP contribution >= 0.6 is 11.3 Å². The van der Waals surface area contributed by atoms with E-state index >= 15 is 0 Å². The summed E-state index contributed by atoms with van der Waals surface area (Å²) < 4.78 is 33.9. The van der Waals surface area contributed by atoms with E-state index in [1.165, 1.54) is 42.7 Å². The fourth-order valence-electron chi connectivity index (χ4n) is 3.87. The zero-order chi connectivity index (χ0) is 23.5. The molecular formula is C25H23F2N3O2S. The van der Waals surface area contributed by atoms with Crippen molar-refractivity contribution in [2.45, 2.75) is 19.4 Å². The molecule has 0 saturated carbocycles. The molecule has 1 aliphatic heterocycles. The molecule has 1 aliphatic rings. The third-order valence-electron chi connectivity index (χ3n) is 5.75. The number of thiophene rings is 1. The highest BCUT2D eigenvalue weighted by Crippen LogP contribution is 2.41. The Morgan fingerprint density at radius 1 is 1.15 bits per heavy atom. The predicted molar refractivity (Wildman–Crippen MR) is 124 cm³/mol. The fourth-order valence-corrected chi connectivity index (χ4v) is 5.02. The maximum atomic E-state index is 14.5. The topological polar surface area (TPSA) is 65.4 Å². The second-order valence-electron chi connectivity index (χ2n) is 7.95. The van der Waals surface area contributed by atoms with Gasteiger partial charge in [-0.05, 0) is 60.9 Å². The molecule has 0 aliphatic carbocycles. The first kappa shape index (κ1) is 22.9. The monoisotopic (exact) mass is 467 g/mol. The summed E-state index contributed by atoms with van der Waals surface area (Å²) in [5.74, 6) is -1.16. The number of nitrogens with zero attached hydrogens (tertiary/aromatic N) is 2. The Labute approximate surface area is 195 Å². The molecule has 1 saturated heterocycles. The maximum Gasteiger partial charge on any atom is 0.264 e. The van der Waals surface area contributed by atoms with Gasteiger partial charge >= 0.3 is 0 Å². The number of nitriles is 1. The minimum Gasteiger partial charge on any atom is -0.494 e. The molecule has 2 heterocycles. The standard InChI is InChI=1S/C25H23F2N3O2S/c1-15-7-9-30(10-8-29-15)25(31)23-13-19(16-3-4-18(14-28)20(26)11-16)24(33-23)17-5-6-22(32-2)21(27)12-17/h3-6,11-13,15,29H,7-10H2,1-2H3. The summed E-state index contributed by atoms with van der Waals surface area (Å²) in [5, 5.41) is 12.4. The van der Waals surface area contributed by atoms with Gasteiger partial charge in [-0.1, -0.05) is 6.07 Å². The van der Waals surface area contributed by atoms with Gasteiger partial charge in [0, 0.05) is 36.1 Å². The number of benzene rings is 2. The number of hydrogen-bond donors (Lipinski definition) is 1. The highest BCUT2D eigenvalue weighted by atomic mass is 32.1. The molecule has 2 aromatic carbocycles. The van der Waals surface area contributed by atoms with Gasteiger partial charge in [0.05, 0.1) is 17.6 Å². The highest BCUT2D eigenvalue weighted by Gasteiger charge is 2.24. The molecule has 1 unspecified atom stereocenters. The molecule has 1 fully saturated rings. The van der Waals surface area contributed by atoms with E-state index in [1.807, 2.05) is 11.0 Å². The smallest absolute Gasteiger partial charge is 0.264 e. The quantitative estimate of drug-likeness (QED) is 0.582. The van der Waals surface area contributed by atoms with Crippen molar-refractivity contribution in [1.29, 1.82) is 5.26 Å². The van der Waals surface area contributed by atoms with Gasteiger partial charge in [0.2, 0.25) is 0 Å². The molecule has 3 aromatic rings. The van der Waals surface area contributed by atoms with Crippen LogP contribution in [-0.2, 0) is 0 Å². The van der Waals surface area contributed by atoms with Crippen molar-refractivity contribution in [2.75, 3.05) is 26.7 Å². The van der Waals surface area contributed by atoms with Crippen LogP contribution in [0.3, 0.4) is 0 Å². The molecule has 1 aromatic heterocycles. The molecule has 8 heteroatoms. The zero-order valence-corrected chi connectivity index (χ0v) is 19.1. The summed E-state index contributed by atoms with van der Waals surface area (Å²) in [6, 6.07) is 12.8. The molecule has 170 valence electrons. The molecule has 0 radical (unpaired) electrons. The molecule has 1 atom stereocenters. The molecule has 5 nitrogen and oxygen atoms in total. The van der Waals surface area contributed by atoms with Crippen LogP contribution in [0, 0.1) is 23.0 Å². The normalized spacial score (nSPS) is 16.2. The molecule has 33 heavy (non-hydrogen) atoms. The van der Waals surface area contributed by atoms with Crippen LogP contribution in [-0.4, -0.2) is 43.6 Å². The second kappa shape index (κ2) is 9.69. The number of methoxy groups -OCH3 is 1. The number of ether oxygens (including phenoxy) is 1. The number of rotatable bonds is 4. The maximum absolute atomic E-state index is 14.5. The van der Waals surface area contributed by atoms with Gasteiger partial charge in [-0.3, -0.25) is 4.79 Å². The molecular weight excluding hydrogens is 444 g/mol. The Kier molecular flexibility index (Phi) is 6.72. The average Bonchev–Trinajstić information content (AvgIpc) is 3.14. The first-order chi connectivity index (χ1) is 15.9. The highest BCUT2D eigenvalue weighted by molar-refractivity contribution is 7.18. The predicted octanol–water partition coefficient (Wildman–Crippen LogP) is 5.06. The summed E-state index contributed by atoms with van der Waals surface area (Å²) >= 11 is 1.25. The first-order valence-corrected chi connectivity index (χ1v) is 11.4. The van der Waals surface area contributed by atoms with Crippen molar-refractivity contribution in [1.82, 2.24) is 10.2 Å². The van der Waals surface area contributed by atoms with Gasteiger partial charge in [-0.2, -0.15) is 5.26 Å². The van der Waals surface area contributed by atoms with Gasteiger partial charge in [0.15, 0.2) is 11.6 Å². The van der Waals surface area contributed by atoms with Crippen LogP contribution in [0.25, 0.3) is 21.6 Å². The third kappa shape index (κ3) is 4.75. The molecule has 0 bridgehead atoms. The van der Waals surface area contributed by atoms with Gasteiger partial charge in [0.1, 0.15) is 11.9 Å². The lowest BCUT2D eigenvalue weighted by molar-refractivity contribution is 0.0770.